The molecular formula is C13H23N5O. The van der Waals surface area contributed by atoms with Crippen molar-refractivity contribution in [3.63, 3.8) is 0 Å². The largest absolute Gasteiger partial charge is 0.383 e. The second-order valence-electron chi connectivity index (χ2n) is 4.73. The van der Waals surface area contributed by atoms with Crippen molar-refractivity contribution < 1.29 is 4.79 Å². The van der Waals surface area contributed by atoms with Gasteiger partial charge in [-0.05, 0) is 13.8 Å². The van der Waals surface area contributed by atoms with Crippen molar-refractivity contribution in [1.29, 1.82) is 0 Å². The third-order valence-electron chi connectivity index (χ3n) is 2.74. The van der Waals surface area contributed by atoms with Crippen LogP contribution in [0.2, 0.25) is 0 Å². The monoisotopic (exact) mass is 265 g/mol. The Kier molecular flexibility index (Phi) is 5.54. The Morgan fingerprint density at radius 1 is 1.37 bits per heavy atom. The summed E-state index contributed by atoms with van der Waals surface area (Å²) in [4.78, 5) is 20.0. The third kappa shape index (κ3) is 4.39. The van der Waals surface area contributed by atoms with Crippen LogP contribution in [0.1, 0.15) is 44.5 Å². The first-order valence-corrected chi connectivity index (χ1v) is 6.60. The number of nitrogens with zero attached hydrogens (tertiary/aromatic N) is 2. The Balaban J connectivity index is 2.69. The summed E-state index contributed by atoms with van der Waals surface area (Å²) < 4.78 is 0. The number of amides is 1. The van der Waals surface area contributed by atoms with E-state index in [1.807, 2.05) is 27.7 Å². The fourth-order valence-corrected chi connectivity index (χ4v) is 1.56. The van der Waals surface area contributed by atoms with Crippen LogP contribution < -0.4 is 16.4 Å². The van der Waals surface area contributed by atoms with E-state index in [1.54, 1.807) is 0 Å². The first-order chi connectivity index (χ1) is 8.95. The zero-order valence-electron chi connectivity index (χ0n) is 12.1. The van der Waals surface area contributed by atoms with E-state index in [-0.39, 0.29) is 11.8 Å². The number of nitrogen functional groups attached to an aromatic ring is 1. The molecule has 1 rings (SSSR count). The van der Waals surface area contributed by atoms with Crippen LogP contribution in [0, 0.1) is 6.92 Å². The van der Waals surface area contributed by atoms with E-state index in [1.165, 1.54) is 0 Å². The minimum Gasteiger partial charge on any atom is -0.383 e. The normalized spacial score (nSPS) is 10.6. The number of hydrogen-bond donors (Lipinski definition) is 3. The first-order valence-electron chi connectivity index (χ1n) is 6.60. The number of nitrogens with one attached hydrogen (secondary N) is 2. The number of rotatable bonds is 6. The van der Waals surface area contributed by atoms with E-state index < -0.39 is 0 Å². The molecule has 0 fully saturated rings. The van der Waals surface area contributed by atoms with Crippen molar-refractivity contribution >= 4 is 17.5 Å². The summed E-state index contributed by atoms with van der Waals surface area (Å²) in [6, 6.07) is 0. The molecule has 1 aromatic rings. The summed E-state index contributed by atoms with van der Waals surface area (Å²) in [5, 5.41) is 5.90. The molecule has 6 heteroatoms. The van der Waals surface area contributed by atoms with Crippen molar-refractivity contribution in [3.05, 3.63) is 11.4 Å². The number of carbonyl (C=O) groups excluding carboxylic acids is 1. The van der Waals surface area contributed by atoms with Crippen LogP contribution in [0.25, 0.3) is 0 Å². The van der Waals surface area contributed by atoms with Crippen molar-refractivity contribution in [2.45, 2.75) is 40.0 Å². The minimum absolute atomic E-state index is 0.0266. The molecule has 0 aliphatic carbocycles. The zero-order chi connectivity index (χ0) is 14.4. The Labute approximate surface area is 114 Å². The quantitative estimate of drug-likeness (QED) is 0.723. The highest BCUT2D eigenvalue weighted by molar-refractivity contribution is 5.76. The fraction of sp³-hybridized carbons (Fsp3) is 0.615. The molecule has 1 heterocycles. The molecule has 0 saturated heterocycles. The van der Waals surface area contributed by atoms with Gasteiger partial charge in [0.2, 0.25) is 5.91 Å². The van der Waals surface area contributed by atoms with Crippen LogP contribution in [-0.2, 0) is 4.79 Å². The van der Waals surface area contributed by atoms with Gasteiger partial charge in [0.05, 0.1) is 0 Å². The van der Waals surface area contributed by atoms with Crippen molar-refractivity contribution in [3.8, 4) is 0 Å². The van der Waals surface area contributed by atoms with Crippen LogP contribution in [0.5, 0.6) is 0 Å². The van der Waals surface area contributed by atoms with E-state index in [0.717, 1.165) is 5.56 Å². The van der Waals surface area contributed by atoms with Crippen molar-refractivity contribution in [2.24, 2.45) is 0 Å². The molecule has 6 nitrogen and oxygen atoms in total. The molecule has 0 aliphatic rings. The van der Waals surface area contributed by atoms with E-state index in [0.29, 0.717) is 37.0 Å². The van der Waals surface area contributed by atoms with E-state index >= 15 is 0 Å². The van der Waals surface area contributed by atoms with Crippen LogP contribution in [0.4, 0.5) is 11.6 Å². The summed E-state index contributed by atoms with van der Waals surface area (Å²) in [5.41, 5.74) is 6.69. The maximum Gasteiger partial charge on any atom is 0.221 e. The Morgan fingerprint density at radius 2 is 2.05 bits per heavy atom. The maximum absolute atomic E-state index is 11.4. The Bertz CT molecular complexity index is 445. The molecule has 0 bridgehead atoms. The summed E-state index contributed by atoms with van der Waals surface area (Å²) in [6.07, 6.45) is 0.411. The Hall–Kier alpha value is -1.85. The van der Waals surface area contributed by atoms with Gasteiger partial charge in [0.15, 0.2) is 0 Å². The second-order valence-corrected chi connectivity index (χ2v) is 4.73. The van der Waals surface area contributed by atoms with Gasteiger partial charge < -0.3 is 16.4 Å². The van der Waals surface area contributed by atoms with Gasteiger partial charge in [-0.1, -0.05) is 13.8 Å². The molecule has 1 aromatic heterocycles. The smallest absolute Gasteiger partial charge is 0.221 e. The Morgan fingerprint density at radius 3 is 2.63 bits per heavy atom. The van der Waals surface area contributed by atoms with Gasteiger partial charge in [0, 0.05) is 31.0 Å². The number of hydrogen-bond acceptors (Lipinski definition) is 5. The molecule has 0 aromatic carbocycles. The minimum atomic E-state index is 0.0266. The lowest BCUT2D eigenvalue weighted by atomic mass is 10.2. The summed E-state index contributed by atoms with van der Waals surface area (Å²) in [5.74, 6) is 2.15. The number of aromatic nitrogens is 2. The summed E-state index contributed by atoms with van der Waals surface area (Å²) in [7, 11) is 0. The first kappa shape index (κ1) is 15.2. The van der Waals surface area contributed by atoms with Gasteiger partial charge in [-0.3, -0.25) is 4.79 Å². The van der Waals surface area contributed by atoms with Gasteiger partial charge >= 0.3 is 0 Å². The van der Waals surface area contributed by atoms with Crippen molar-refractivity contribution in [2.75, 3.05) is 24.1 Å². The molecular weight excluding hydrogens is 242 g/mol. The lowest BCUT2D eigenvalue weighted by Crippen LogP contribution is -2.25. The molecule has 19 heavy (non-hydrogen) atoms. The van der Waals surface area contributed by atoms with Gasteiger partial charge in [0.25, 0.3) is 0 Å². The molecule has 0 atom stereocenters. The average Bonchev–Trinajstić information content (AvgIpc) is 2.34. The molecule has 1 amide bonds. The third-order valence-corrected chi connectivity index (χ3v) is 2.74. The molecule has 0 radical (unpaired) electrons. The van der Waals surface area contributed by atoms with Crippen LogP contribution in [-0.4, -0.2) is 29.0 Å². The molecule has 0 aliphatic heterocycles. The standard InChI is InChI=1S/C13H23N5O/c1-5-15-10(19)6-7-16-13-9(4)11(14)17-12(18-13)8(2)3/h8H,5-7H2,1-4H3,(H,15,19)(H3,14,16,17,18). The number of carbonyl (C=O) groups is 1. The number of nitrogens with two attached hydrogens (primary N) is 1. The van der Waals surface area contributed by atoms with Gasteiger partial charge in [-0.25, -0.2) is 9.97 Å². The molecule has 0 saturated carbocycles. The highest BCUT2D eigenvalue weighted by Crippen LogP contribution is 2.20. The highest BCUT2D eigenvalue weighted by atomic mass is 16.1. The lowest BCUT2D eigenvalue weighted by Gasteiger charge is -2.13. The lowest BCUT2D eigenvalue weighted by molar-refractivity contribution is -0.120. The zero-order valence-corrected chi connectivity index (χ0v) is 12.1. The molecule has 0 unspecified atom stereocenters. The maximum atomic E-state index is 11.4. The molecule has 0 spiro atoms. The molecule has 106 valence electrons. The second kappa shape index (κ2) is 6.92. The number of anilines is 2. The summed E-state index contributed by atoms with van der Waals surface area (Å²) >= 11 is 0. The van der Waals surface area contributed by atoms with Gasteiger partial charge in [-0.2, -0.15) is 0 Å². The predicted molar refractivity (Wildman–Crippen MR) is 77.1 cm³/mol. The predicted octanol–water partition coefficient (Wildman–Crippen LogP) is 1.43. The van der Waals surface area contributed by atoms with Gasteiger partial charge in [0.1, 0.15) is 17.5 Å². The van der Waals surface area contributed by atoms with E-state index in [4.69, 9.17) is 5.73 Å². The van der Waals surface area contributed by atoms with Crippen LogP contribution in [0.3, 0.4) is 0 Å². The van der Waals surface area contributed by atoms with E-state index in [2.05, 4.69) is 20.6 Å². The highest BCUT2D eigenvalue weighted by Gasteiger charge is 2.11. The van der Waals surface area contributed by atoms with Gasteiger partial charge in [-0.15, -0.1) is 0 Å². The van der Waals surface area contributed by atoms with Crippen LogP contribution >= 0.6 is 0 Å². The SMILES string of the molecule is CCNC(=O)CCNc1nc(C(C)C)nc(N)c1C. The van der Waals surface area contributed by atoms with E-state index in [9.17, 15) is 4.79 Å². The summed E-state index contributed by atoms with van der Waals surface area (Å²) in [6.45, 7) is 8.98. The van der Waals surface area contributed by atoms with Crippen LogP contribution in [0.15, 0.2) is 0 Å². The van der Waals surface area contributed by atoms with Crippen molar-refractivity contribution in [1.82, 2.24) is 15.3 Å². The fourth-order valence-electron chi connectivity index (χ4n) is 1.56. The topological polar surface area (TPSA) is 92.9 Å². The molecule has 4 N–H and O–H groups in total. The average molecular weight is 265 g/mol.